The minimum Gasteiger partial charge on any atom is -0.481 e. The second-order valence-corrected chi connectivity index (χ2v) is 5.80. The first-order valence-corrected chi connectivity index (χ1v) is 5.55. The van der Waals surface area contributed by atoms with Crippen molar-refractivity contribution in [3.8, 4) is 0 Å². The fraction of sp³-hybridized carbons (Fsp3) is 0.917. The molecule has 0 aromatic heterocycles. The quantitative estimate of drug-likeness (QED) is 0.702. The molecular weight excluding hydrogens is 176 g/mol. The first kappa shape index (κ1) is 11.5. The number of hydrogen-bond donors (Lipinski definition) is 1. The molecule has 1 rings (SSSR count). The van der Waals surface area contributed by atoms with Gasteiger partial charge in [-0.2, -0.15) is 0 Å². The van der Waals surface area contributed by atoms with Crippen LogP contribution in [0.5, 0.6) is 0 Å². The second-order valence-electron chi connectivity index (χ2n) is 5.80. The molecule has 0 aliphatic heterocycles. The summed E-state index contributed by atoms with van der Waals surface area (Å²) in [5, 5.41) is 9.09. The zero-order valence-corrected chi connectivity index (χ0v) is 9.71. The van der Waals surface area contributed by atoms with Crippen molar-refractivity contribution in [2.45, 2.75) is 47.0 Å². The summed E-state index contributed by atoms with van der Waals surface area (Å²) in [4.78, 5) is 11.0. The maximum atomic E-state index is 11.0. The molecule has 0 radical (unpaired) electrons. The van der Waals surface area contributed by atoms with Crippen LogP contribution in [0.25, 0.3) is 0 Å². The summed E-state index contributed by atoms with van der Waals surface area (Å²) in [5.41, 5.74) is 0.258. The molecule has 2 nitrogen and oxygen atoms in total. The van der Waals surface area contributed by atoms with Crippen molar-refractivity contribution in [2.24, 2.45) is 23.2 Å². The van der Waals surface area contributed by atoms with Crippen LogP contribution < -0.4 is 0 Å². The molecule has 3 atom stereocenters. The number of carboxylic acid groups (broad SMARTS) is 1. The van der Waals surface area contributed by atoms with E-state index in [1.807, 2.05) is 0 Å². The Morgan fingerprint density at radius 1 is 1.29 bits per heavy atom. The third-order valence-electron chi connectivity index (χ3n) is 3.74. The van der Waals surface area contributed by atoms with Crippen molar-refractivity contribution < 1.29 is 9.90 Å². The van der Waals surface area contributed by atoms with Crippen LogP contribution in [0.4, 0.5) is 0 Å². The lowest BCUT2D eigenvalue weighted by Gasteiger charge is -2.39. The lowest BCUT2D eigenvalue weighted by atomic mass is 9.66. The Morgan fingerprint density at radius 3 is 2.29 bits per heavy atom. The Labute approximate surface area is 86.7 Å². The van der Waals surface area contributed by atoms with Crippen LogP contribution in [0.3, 0.4) is 0 Å². The molecule has 1 fully saturated rings. The van der Waals surface area contributed by atoms with Crippen LogP contribution >= 0.6 is 0 Å². The molecule has 82 valence electrons. The SMILES string of the molecule is CC1CCC(C(C)(C)C)CC1C(=O)O. The minimum atomic E-state index is -0.605. The van der Waals surface area contributed by atoms with Gasteiger partial charge in [-0.1, -0.05) is 27.7 Å². The molecule has 0 bridgehead atoms. The van der Waals surface area contributed by atoms with Gasteiger partial charge in [0.15, 0.2) is 0 Å². The van der Waals surface area contributed by atoms with Crippen LogP contribution in [-0.2, 0) is 4.79 Å². The van der Waals surface area contributed by atoms with Gasteiger partial charge in [0.1, 0.15) is 0 Å². The van der Waals surface area contributed by atoms with E-state index in [1.54, 1.807) is 0 Å². The Morgan fingerprint density at radius 2 is 1.86 bits per heavy atom. The Hall–Kier alpha value is -0.530. The Balaban J connectivity index is 2.67. The van der Waals surface area contributed by atoms with Gasteiger partial charge in [-0.05, 0) is 36.5 Å². The van der Waals surface area contributed by atoms with E-state index in [0.717, 1.165) is 12.8 Å². The number of rotatable bonds is 1. The van der Waals surface area contributed by atoms with Crippen LogP contribution in [0, 0.1) is 23.2 Å². The highest BCUT2D eigenvalue weighted by Gasteiger charge is 2.37. The fourth-order valence-electron chi connectivity index (χ4n) is 2.45. The predicted molar refractivity (Wildman–Crippen MR) is 57.1 cm³/mol. The van der Waals surface area contributed by atoms with Crippen molar-refractivity contribution in [2.75, 3.05) is 0 Å². The third-order valence-corrected chi connectivity index (χ3v) is 3.74. The first-order valence-electron chi connectivity index (χ1n) is 5.55. The molecule has 0 heterocycles. The van der Waals surface area contributed by atoms with Gasteiger partial charge in [0.2, 0.25) is 0 Å². The van der Waals surface area contributed by atoms with Gasteiger partial charge < -0.3 is 5.11 Å². The Bertz CT molecular complexity index is 215. The second kappa shape index (κ2) is 3.92. The molecule has 1 saturated carbocycles. The van der Waals surface area contributed by atoms with E-state index in [2.05, 4.69) is 27.7 Å². The van der Waals surface area contributed by atoms with Gasteiger partial charge in [0, 0.05) is 0 Å². The highest BCUT2D eigenvalue weighted by molar-refractivity contribution is 5.70. The van der Waals surface area contributed by atoms with Crippen molar-refractivity contribution in [1.29, 1.82) is 0 Å². The smallest absolute Gasteiger partial charge is 0.306 e. The van der Waals surface area contributed by atoms with Crippen LogP contribution in [0.2, 0.25) is 0 Å². The fourth-order valence-corrected chi connectivity index (χ4v) is 2.45. The van der Waals surface area contributed by atoms with Gasteiger partial charge in [0.05, 0.1) is 5.92 Å². The molecule has 14 heavy (non-hydrogen) atoms. The van der Waals surface area contributed by atoms with Gasteiger partial charge in [-0.25, -0.2) is 0 Å². The van der Waals surface area contributed by atoms with Gasteiger partial charge in [0.25, 0.3) is 0 Å². The molecule has 3 unspecified atom stereocenters. The topological polar surface area (TPSA) is 37.3 Å². The molecule has 0 aromatic carbocycles. The van der Waals surface area contributed by atoms with Crippen molar-refractivity contribution in [1.82, 2.24) is 0 Å². The molecule has 0 saturated heterocycles. The molecule has 2 heteroatoms. The summed E-state index contributed by atoms with van der Waals surface area (Å²) >= 11 is 0. The van der Waals surface area contributed by atoms with E-state index < -0.39 is 5.97 Å². The normalized spacial score (nSPS) is 34.1. The van der Waals surface area contributed by atoms with E-state index in [9.17, 15) is 4.79 Å². The Kier molecular flexibility index (Phi) is 3.23. The molecule has 1 N–H and O–H groups in total. The summed E-state index contributed by atoms with van der Waals surface area (Å²) in [6, 6.07) is 0. The summed E-state index contributed by atoms with van der Waals surface area (Å²) in [6.07, 6.45) is 3.12. The van der Waals surface area contributed by atoms with Crippen molar-refractivity contribution in [3.05, 3.63) is 0 Å². The average molecular weight is 198 g/mol. The largest absolute Gasteiger partial charge is 0.481 e. The standard InChI is InChI=1S/C12H22O2/c1-8-5-6-9(12(2,3)4)7-10(8)11(13)14/h8-10H,5-7H2,1-4H3,(H,13,14). The molecule has 0 spiro atoms. The van der Waals surface area contributed by atoms with Gasteiger partial charge in [-0.15, -0.1) is 0 Å². The van der Waals surface area contributed by atoms with E-state index >= 15 is 0 Å². The van der Waals surface area contributed by atoms with Gasteiger partial charge in [-0.3, -0.25) is 4.79 Å². The molecule has 0 aromatic rings. The minimum absolute atomic E-state index is 0.118. The molecule has 1 aliphatic rings. The zero-order valence-electron chi connectivity index (χ0n) is 9.71. The summed E-state index contributed by atoms with van der Waals surface area (Å²) in [7, 11) is 0. The van der Waals surface area contributed by atoms with E-state index in [-0.39, 0.29) is 11.3 Å². The zero-order chi connectivity index (χ0) is 10.9. The number of carbonyl (C=O) groups is 1. The molecule has 0 amide bonds. The van der Waals surface area contributed by atoms with Crippen molar-refractivity contribution >= 4 is 5.97 Å². The lowest BCUT2D eigenvalue weighted by molar-refractivity contribution is -0.146. The number of hydrogen-bond acceptors (Lipinski definition) is 1. The molecule has 1 aliphatic carbocycles. The highest BCUT2D eigenvalue weighted by Crippen LogP contribution is 2.42. The summed E-state index contributed by atoms with van der Waals surface area (Å²) in [5.74, 6) is 0.199. The predicted octanol–water partition coefficient (Wildman–Crippen LogP) is 3.17. The van der Waals surface area contributed by atoms with Gasteiger partial charge >= 0.3 is 5.97 Å². The monoisotopic (exact) mass is 198 g/mol. The summed E-state index contributed by atoms with van der Waals surface area (Å²) in [6.45, 7) is 8.71. The van der Waals surface area contributed by atoms with E-state index in [0.29, 0.717) is 11.8 Å². The molecular formula is C12H22O2. The van der Waals surface area contributed by atoms with Crippen LogP contribution in [0.1, 0.15) is 47.0 Å². The van der Waals surface area contributed by atoms with E-state index in [4.69, 9.17) is 5.11 Å². The number of carboxylic acids is 1. The number of aliphatic carboxylic acids is 1. The maximum absolute atomic E-state index is 11.0. The van der Waals surface area contributed by atoms with Crippen LogP contribution in [0.15, 0.2) is 0 Å². The third kappa shape index (κ3) is 2.49. The van der Waals surface area contributed by atoms with Crippen molar-refractivity contribution in [3.63, 3.8) is 0 Å². The lowest BCUT2D eigenvalue weighted by Crippen LogP contribution is -2.34. The maximum Gasteiger partial charge on any atom is 0.306 e. The van der Waals surface area contributed by atoms with Crippen LogP contribution in [-0.4, -0.2) is 11.1 Å². The average Bonchev–Trinajstić information content (AvgIpc) is 2.02. The first-order chi connectivity index (χ1) is 6.32. The van der Waals surface area contributed by atoms with E-state index in [1.165, 1.54) is 6.42 Å². The highest BCUT2D eigenvalue weighted by atomic mass is 16.4. The summed E-state index contributed by atoms with van der Waals surface area (Å²) < 4.78 is 0.